The van der Waals surface area contributed by atoms with Crippen LogP contribution in [0.4, 0.5) is 0 Å². The molecule has 9 heteroatoms. The van der Waals surface area contributed by atoms with Crippen LogP contribution in [-0.4, -0.2) is 89.8 Å². The fraction of sp³-hybridized carbons (Fsp3) is 0.619. The Morgan fingerprint density at radius 1 is 1.20 bits per heavy atom. The highest BCUT2D eigenvalue weighted by Gasteiger charge is 2.31. The number of hydrogen-bond donors (Lipinski definition) is 0. The van der Waals surface area contributed by atoms with Crippen molar-refractivity contribution in [1.82, 2.24) is 25.0 Å². The first-order valence-electron chi connectivity index (χ1n) is 10.6. The number of benzene rings is 1. The predicted octanol–water partition coefficient (Wildman–Crippen LogP) is 1.14. The molecule has 30 heavy (non-hydrogen) atoms. The van der Waals surface area contributed by atoms with Crippen molar-refractivity contribution in [3.8, 4) is 0 Å². The van der Waals surface area contributed by atoms with Crippen molar-refractivity contribution < 1.29 is 19.0 Å². The van der Waals surface area contributed by atoms with Gasteiger partial charge in [0.25, 0.3) is 0 Å². The zero-order valence-electron chi connectivity index (χ0n) is 17.5. The zero-order chi connectivity index (χ0) is 20.9. The second-order valence-corrected chi connectivity index (χ2v) is 8.16. The first-order valence-corrected chi connectivity index (χ1v) is 10.6. The van der Waals surface area contributed by atoms with Gasteiger partial charge in [0.2, 0.25) is 11.8 Å². The van der Waals surface area contributed by atoms with Gasteiger partial charge in [-0.05, 0) is 40.9 Å². The summed E-state index contributed by atoms with van der Waals surface area (Å²) in [6.45, 7) is 6.15. The topological polar surface area (TPSA) is 92.0 Å². The lowest BCUT2D eigenvalue weighted by atomic mass is 9.95. The minimum atomic E-state index is -0.145. The number of nitrogens with zero attached hydrogens (tertiary/aromatic N) is 5. The van der Waals surface area contributed by atoms with Gasteiger partial charge in [-0.15, -0.1) is 0 Å². The summed E-state index contributed by atoms with van der Waals surface area (Å²) >= 11 is 0. The van der Waals surface area contributed by atoms with Crippen LogP contribution < -0.4 is 0 Å². The van der Waals surface area contributed by atoms with Gasteiger partial charge < -0.3 is 14.5 Å². The minimum Gasteiger partial charge on any atom is -0.379 e. The summed E-state index contributed by atoms with van der Waals surface area (Å²) in [7, 11) is 1.81. The number of piperidine rings is 1. The van der Waals surface area contributed by atoms with Crippen LogP contribution in [0.2, 0.25) is 0 Å². The summed E-state index contributed by atoms with van der Waals surface area (Å²) < 4.78 is 10.1. The van der Waals surface area contributed by atoms with E-state index in [9.17, 15) is 9.59 Å². The number of likely N-dealkylation sites (tertiary alicyclic amines) is 1. The lowest BCUT2D eigenvalue weighted by Gasteiger charge is -2.34. The minimum absolute atomic E-state index is 0.0825. The van der Waals surface area contributed by atoms with Gasteiger partial charge in [-0.25, -0.2) is 4.63 Å². The third-order valence-electron chi connectivity index (χ3n) is 5.97. The van der Waals surface area contributed by atoms with Gasteiger partial charge in [-0.1, -0.05) is 6.07 Å². The molecular formula is C21H29N5O4. The molecular weight excluding hydrogens is 386 g/mol. The predicted molar refractivity (Wildman–Crippen MR) is 109 cm³/mol. The Labute approximate surface area is 175 Å². The van der Waals surface area contributed by atoms with Gasteiger partial charge in [0.1, 0.15) is 11.0 Å². The van der Waals surface area contributed by atoms with Crippen LogP contribution in [-0.2, 0) is 20.9 Å². The van der Waals surface area contributed by atoms with E-state index in [4.69, 9.17) is 9.37 Å². The number of ether oxygens (including phenoxy) is 1. The van der Waals surface area contributed by atoms with Crippen molar-refractivity contribution in [3.05, 3.63) is 23.8 Å². The molecule has 2 amide bonds. The van der Waals surface area contributed by atoms with E-state index in [1.807, 2.05) is 30.1 Å². The molecule has 2 aliphatic rings. The molecule has 2 fully saturated rings. The summed E-state index contributed by atoms with van der Waals surface area (Å²) in [6, 6.07) is 5.66. The van der Waals surface area contributed by atoms with Crippen molar-refractivity contribution in [2.24, 2.45) is 5.92 Å². The van der Waals surface area contributed by atoms with E-state index in [0.717, 1.165) is 44.8 Å². The maximum absolute atomic E-state index is 13.0. The molecule has 0 radical (unpaired) electrons. The Hall–Kier alpha value is -2.52. The standard InChI is InChI=1S/C21H29N5O4/c1-24(14-16-3-5-18-19(13-16)23-30-22-18)21(28)17-4-6-20(27)26(15-17)8-2-7-25-9-11-29-12-10-25/h3,5,13,17H,2,4,6-12,14-15H2,1H3/t17-/m0/s1. The average molecular weight is 415 g/mol. The van der Waals surface area contributed by atoms with E-state index in [1.165, 1.54) is 0 Å². The summed E-state index contributed by atoms with van der Waals surface area (Å²) in [5.74, 6) is 0.0975. The Bertz CT molecular complexity index is 879. The molecule has 0 spiro atoms. The monoisotopic (exact) mass is 415 g/mol. The first kappa shape index (κ1) is 20.7. The summed E-state index contributed by atoms with van der Waals surface area (Å²) in [6.07, 6.45) is 1.99. The maximum atomic E-state index is 13.0. The van der Waals surface area contributed by atoms with Crippen LogP contribution in [0, 0.1) is 5.92 Å². The molecule has 2 aliphatic heterocycles. The van der Waals surface area contributed by atoms with E-state index in [-0.39, 0.29) is 17.7 Å². The van der Waals surface area contributed by atoms with Gasteiger partial charge in [-0.3, -0.25) is 14.5 Å². The van der Waals surface area contributed by atoms with E-state index < -0.39 is 0 Å². The molecule has 2 aromatic rings. The average Bonchev–Trinajstić information content (AvgIpc) is 3.23. The molecule has 0 aliphatic carbocycles. The highest BCUT2D eigenvalue weighted by Crippen LogP contribution is 2.21. The van der Waals surface area contributed by atoms with Gasteiger partial charge in [0, 0.05) is 52.7 Å². The summed E-state index contributed by atoms with van der Waals surface area (Å²) in [4.78, 5) is 31.3. The molecule has 0 unspecified atom stereocenters. The fourth-order valence-corrected chi connectivity index (χ4v) is 4.23. The smallest absolute Gasteiger partial charge is 0.227 e. The molecule has 3 heterocycles. The van der Waals surface area contributed by atoms with Crippen LogP contribution >= 0.6 is 0 Å². The molecule has 9 nitrogen and oxygen atoms in total. The molecule has 0 bridgehead atoms. The number of carbonyl (C=O) groups excluding carboxylic acids is 2. The number of rotatable bonds is 7. The van der Waals surface area contributed by atoms with E-state index in [0.29, 0.717) is 43.5 Å². The number of morpholine rings is 1. The first-order chi connectivity index (χ1) is 14.6. The molecule has 4 rings (SSSR count). The fourth-order valence-electron chi connectivity index (χ4n) is 4.23. The highest BCUT2D eigenvalue weighted by atomic mass is 16.6. The normalized spacial score (nSPS) is 20.6. The lowest BCUT2D eigenvalue weighted by molar-refractivity contribution is -0.142. The largest absolute Gasteiger partial charge is 0.379 e. The summed E-state index contributed by atoms with van der Waals surface area (Å²) in [5, 5.41) is 7.66. The van der Waals surface area contributed by atoms with Crippen molar-refractivity contribution >= 4 is 22.8 Å². The van der Waals surface area contributed by atoms with Crippen molar-refractivity contribution in [2.75, 3.05) is 53.0 Å². The zero-order valence-corrected chi connectivity index (χ0v) is 17.5. The van der Waals surface area contributed by atoms with Crippen LogP contribution in [0.25, 0.3) is 11.0 Å². The Kier molecular flexibility index (Phi) is 6.59. The van der Waals surface area contributed by atoms with Gasteiger partial charge >= 0.3 is 0 Å². The van der Waals surface area contributed by atoms with Crippen LogP contribution in [0.5, 0.6) is 0 Å². The summed E-state index contributed by atoms with van der Waals surface area (Å²) in [5.41, 5.74) is 2.36. The molecule has 0 saturated carbocycles. The van der Waals surface area contributed by atoms with Crippen LogP contribution in [0.15, 0.2) is 22.8 Å². The third kappa shape index (κ3) is 4.96. The molecule has 1 atom stereocenters. The molecule has 1 aromatic carbocycles. The molecule has 1 aromatic heterocycles. The van der Waals surface area contributed by atoms with E-state index in [2.05, 4.69) is 15.2 Å². The Balaban J connectivity index is 1.28. The third-order valence-corrected chi connectivity index (χ3v) is 5.97. The molecule has 0 N–H and O–H groups in total. The lowest BCUT2D eigenvalue weighted by Crippen LogP contribution is -2.47. The van der Waals surface area contributed by atoms with Gasteiger partial charge in [-0.2, -0.15) is 0 Å². The quantitative estimate of drug-likeness (QED) is 0.670. The Morgan fingerprint density at radius 3 is 2.83 bits per heavy atom. The second kappa shape index (κ2) is 9.53. The number of carbonyl (C=O) groups is 2. The molecule has 2 saturated heterocycles. The van der Waals surface area contributed by atoms with Crippen molar-refractivity contribution in [3.63, 3.8) is 0 Å². The van der Waals surface area contributed by atoms with Crippen LogP contribution in [0.3, 0.4) is 0 Å². The SMILES string of the molecule is CN(Cc1ccc2nonc2c1)C(=O)[C@H]1CCC(=O)N(CCCN2CCOCC2)C1. The van der Waals surface area contributed by atoms with Crippen LogP contribution in [0.1, 0.15) is 24.8 Å². The van der Waals surface area contributed by atoms with E-state index in [1.54, 1.807) is 4.90 Å². The second-order valence-electron chi connectivity index (χ2n) is 8.16. The maximum Gasteiger partial charge on any atom is 0.227 e. The van der Waals surface area contributed by atoms with Crippen molar-refractivity contribution in [1.29, 1.82) is 0 Å². The van der Waals surface area contributed by atoms with Crippen molar-refractivity contribution in [2.45, 2.75) is 25.8 Å². The van der Waals surface area contributed by atoms with Gasteiger partial charge in [0.05, 0.1) is 19.1 Å². The number of aromatic nitrogens is 2. The molecule has 162 valence electrons. The number of fused-ring (bicyclic) bond motifs is 1. The highest BCUT2D eigenvalue weighted by molar-refractivity contribution is 5.84. The van der Waals surface area contributed by atoms with Gasteiger partial charge in [0.15, 0.2) is 0 Å². The Morgan fingerprint density at radius 2 is 2.00 bits per heavy atom. The number of hydrogen-bond acceptors (Lipinski definition) is 7. The van der Waals surface area contributed by atoms with E-state index >= 15 is 0 Å². The number of amides is 2.